The molecule has 1 N–H and O–H groups in total. The van der Waals surface area contributed by atoms with Gasteiger partial charge >= 0.3 is 17.9 Å². The third-order valence-corrected chi connectivity index (χ3v) is 1.85. The normalized spacial score (nSPS) is 11.8. The standard InChI is InChI=1S/C12H16O6/c1-3-11(15)18-9(2)5-4-8-17-12(16)7-6-10(13)14/h3,6-7,9H,1,4-5,8H2,2H3,(H,13,14)/b7-6-. The van der Waals surface area contributed by atoms with Gasteiger partial charge < -0.3 is 14.6 Å². The van der Waals surface area contributed by atoms with Crippen LogP contribution in [0.15, 0.2) is 24.8 Å². The Morgan fingerprint density at radius 1 is 1.28 bits per heavy atom. The molecule has 0 aliphatic rings. The van der Waals surface area contributed by atoms with Gasteiger partial charge in [0.1, 0.15) is 0 Å². The Labute approximate surface area is 105 Å². The van der Waals surface area contributed by atoms with Crippen LogP contribution in [0.25, 0.3) is 0 Å². The predicted octanol–water partition coefficient (Wildman–Crippen LogP) is 1.07. The fourth-order valence-corrected chi connectivity index (χ4v) is 1.04. The van der Waals surface area contributed by atoms with E-state index >= 15 is 0 Å². The number of hydrogen-bond acceptors (Lipinski definition) is 5. The molecule has 0 radical (unpaired) electrons. The maximum Gasteiger partial charge on any atom is 0.331 e. The molecule has 0 saturated heterocycles. The van der Waals surface area contributed by atoms with Crippen molar-refractivity contribution in [1.82, 2.24) is 0 Å². The lowest BCUT2D eigenvalue weighted by Crippen LogP contribution is -2.14. The molecule has 0 rings (SSSR count). The lowest BCUT2D eigenvalue weighted by atomic mass is 10.2. The van der Waals surface area contributed by atoms with Crippen molar-refractivity contribution in [2.24, 2.45) is 0 Å². The van der Waals surface area contributed by atoms with Crippen LogP contribution in [0.3, 0.4) is 0 Å². The second kappa shape index (κ2) is 8.98. The first-order chi connectivity index (χ1) is 8.45. The van der Waals surface area contributed by atoms with Crippen molar-refractivity contribution in [3.63, 3.8) is 0 Å². The van der Waals surface area contributed by atoms with Crippen LogP contribution < -0.4 is 0 Å². The summed E-state index contributed by atoms with van der Waals surface area (Å²) in [7, 11) is 0. The minimum absolute atomic E-state index is 0.138. The summed E-state index contributed by atoms with van der Waals surface area (Å²) in [4.78, 5) is 31.9. The van der Waals surface area contributed by atoms with E-state index in [1.165, 1.54) is 0 Å². The molecule has 0 heterocycles. The van der Waals surface area contributed by atoms with Gasteiger partial charge in [-0.2, -0.15) is 0 Å². The summed E-state index contributed by atoms with van der Waals surface area (Å²) in [5, 5.41) is 8.26. The molecule has 0 spiro atoms. The third kappa shape index (κ3) is 9.14. The van der Waals surface area contributed by atoms with Crippen LogP contribution in [0.2, 0.25) is 0 Å². The monoisotopic (exact) mass is 256 g/mol. The van der Waals surface area contributed by atoms with Crippen molar-refractivity contribution in [1.29, 1.82) is 0 Å². The first-order valence-corrected chi connectivity index (χ1v) is 5.36. The molecule has 1 unspecified atom stereocenters. The highest BCUT2D eigenvalue weighted by Gasteiger charge is 2.06. The number of ether oxygens (including phenoxy) is 2. The lowest BCUT2D eigenvalue weighted by Gasteiger charge is -2.11. The Morgan fingerprint density at radius 3 is 2.50 bits per heavy atom. The maximum atomic E-state index is 10.9. The van der Waals surface area contributed by atoms with Gasteiger partial charge in [0.2, 0.25) is 0 Å². The summed E-state index contributed by atoms with van der Waals surface area (Å²) in [5.41, 5.74) is 0. The van der Waals surface area contributed by atoms with E-state index in [4.69, 9.17) is 14.6 Å². The molecular formula is C12H16O6. The number of esters is 2. The van der Waals surface area contributed by atoms with Gasteiger partial charge in [-0.1, -0.05) is 6.58 Å². The van der Waals surface area contributed by atoms with E-state index in [0.29, 0.717) is 18.9 Å². The molecule has 0 aromatic rings. The van der Waals surface area contributed by atoms with Gasteiger partial charge in [0.15, 0.2) is 0 Å². The van der Waals surface area contributed by atoms with Crippen LogP contribution in [-0.2, 0) is 23.9 Å². The lowest BCUT2D eigenvalue weighted by molar-refractivity contribution is -0.143. The highest BCUT2D eigenvalue weighted by atomic mass is 16.5. The van der Waals surface area contributed by atoms with Crippen LogP contribution in [0.4, 0.5) is 0 Å². The SMILES string of the molecule is C=CC(=O)OC(C)CCCOC(=O)/C=C\C(=O)O. The van der Waals surface area contributed by atoms with Crippen LogP contribution >= 0.6 is 0 Å². The van der Waals surface area contributed by atoms with Crippen molar-refractivity contribution in [2.45, 2.75) is 25.9 Å². The molecule has 6 heteroatoms. The second-order valence-electron chi connectivity index (χ2n) is 3.43. The van der Waals surface area contributed by atoms with E-state index in [1.54, 1.807) is 6.92 Å². The van der Waals surface area contributed by atoms with Crippen LogP contribution in [-0.4, -0.2) is 35.7 Å². The summed E-state index contributed by atoms with van der Waals surface area (Å²) < 4.78 is 9.62. The number of aliphatic carboxylic acids is 1. The van der Waals surface area contributed by atoms with E-state index in [2.05, 4.69) is 6.58 Å². The topological polar surface area (TPSA) is 89.9 Å². The van der Waals surface area contributed by atoms with E-state index < -0.39 is 17.9 Å². The fourth-order valence-electron chi connectivity index (χ4n) is 1.04. The maximum absolute atomic E-state index is 10.9. The fraction of sp³-hybridized carbons (Fsp3) is 0.417. The second-order valence-corrected chi connectivity index (χ2v) is 3.43. The van der Waals surface area contributed by atoms with E-state index in [1.807, 2.05) is 0 Å². The van der Waals surface area contributed by atoms with Crippen molar-refractivity contribution in [3.8, 4) is 0 Å². The predicted molar refractivity (Wildman–Crippen MR) is 62.7 cm³/mol. The van der Waals surface area contributed by atoms with Gasteiger partial charge in [0, 0.05) is 18.2 Å². The third-order valence-electron chi connectivity index (χ3n) is 1.85. The highest BCUT2D eigenvalue weighted by molar-refractivity contribution is 5.90. The molecule has 0 aromatic heterocycles. The minimum atomic E-state index is -1.21. The Morgan fingerprint density at radius 2 is 1.94 bits per heavy atom. The van der Waals surface area contributed by atoms with Crippen LogP contribution in [0, 0.1) is 0 Å². The molecule has 0 fully saturated rings. The number of hydrogen-bond donors (Lipinski definition) is 1. The molecule has 0 bridgehead atoms. The minimum Gasteiger partial charge on any atom is -0.478 e. The molecule has 0 saturated carbocycles. The van der Waals surface area contributed by atoms with Gasteiger partial charge in [-0.25, -0.2) is 14.4 Å². The summed E-state index contributed by atoms with van der Waals surface area (Å²) in [6.07, 6.45) is 3.38. The number of rotatable bonds is 8. The Balaban J connectivity index is 3.67. The molecule has 0 aliphatic carbocycles. The zero-order valence-corrected chi connectivity index (χ0v) is 10.1. The number of carbonyl (C=O) groups excluding carboxylic acids is 2. The molecule has 0 amide bonds. The molecule has 1 atom stereocenters. The average Bonchev–Trinajstić information content (AvgIpc) is 2.31. The summed E-state index contributed by atoms with van der Waals surface area (Å²) in [5.74, 6) is -2.42. The quantitative estimate of drug-likeness (QED) is 0.397. The summed E-state index contributed by atoms with van der Waals surface area (Å²) >= 11 is 0. The zero-order valence-electron chi connectivity index (χ0n) is 10.1. The van der Waals surface area contributed by atoms with E-state index in [-0.39, 0.29) is 12.7 Å². The number of carboxylic acid groups (broad SMARTS) is 1. The number of carboxylic acids is 1. The average molecular weight is 256 g/mol. The summed E-state index contributed by atoms with van der Waals surface area (Å²) in [6, 6.07) is 0. The smallest absolute Gasteiger partial charge is 0.331 e. The van der Waals surface area contributed by atoms with Crippen molar-refractivity contribution in [2.75, 3.05) is 6.61 Å². The molecule has 18 heavy (non-hydrogen) atoms. The van der Waals surface area contributed by atoms with Gasteiger partial charge in [-0.3, -0.25) is 0 Å². The molecule has 0 aliphatic heterocycles. The Kier molecular flexibility index (Phi) is 7.92. The van der Waals surface area contributed by atoms with E-state index in [9.17, 15) is 14.4 Å². The van der Waals surface area contributed by atoms with Crippen molar-refractivity contribution in [3.05, 3.63) is 24.8 Å². The first-order valence-electron chi connectivity index (χ1n) is 5.36. The molecule has 0 aromatic carbocycles. The molecular weight excluding hydrogens is 240 g/mol. The van der Waals surface area contributed by atoms with Gasteiger partial charge in [0.05, 0.1) is 12.7 Å². The Bertz CT molecular complexity index is 344. The first kappa shape index (κ1) is 15.9. The largest absolute Gasteiger partial charge is 0.478 e. The van der Waals surface area contributed by atoms with Gasteiger partial charge in [0.25, 0.3) is 0 Å². The highest BCUT2D eigenvalue weighted by Crippen LogP contribution is 2.02. The molecule has 100 valence electrons. The van der Waals surface area contributed by atoms with Gasteiger partial charge in [-0.05, 0) is 19.8 Å². The van der Waals surface area contributed by atoms with Crippen molar-refractivity contribution < 1.29 is 29.0 Å². The molecule has 6 nitrogen and oxygen atoms in total. The summed E-state index contributed by atoms with van der Waals surface area (Å²) in [6.45, 7) is 5.12. The van der Waals surface area contributed by atoms with Crippen molar-refractivity contribution >= 4 is 17.9 Å². The Hall–Kier alpha value is -2.11. The van der Waals surface area contributed by atoms with Crippen LogP contribution in [0.5, 0.6) is 0 Å². The number of carbonyl (C=O) groups is 3. The van der Waals surface area contributed by atoms with E-state index in [0.717, 1.165) is 12.2 Å². The van der Waals surface area contributed by atoms with Gasteiger partial charge in [-0.15, -0.1) is 0 Å². The zero-order chi connectivity index (χ0) is 14.0. The van der Waals surface area contributed by atoms with Crippen LogP contribution in [0.1, 0.15) is 19.8 Å².